The standard InChI is InChI=1S/C24H22F3N5O4/c25-24(26,27)16-2-4-17(5-3-16)30-11-9-29(10-12-30)14-15-1-6-18-19(13-15)22(35)32(21(18)34)31-8-7-20(33)28-23(31)36/h1-6,13H,7-12,14H2,(H,28,33,36). The number of hydrogen-bond acceptors (Lipinski definition) is 6. The third-order valence-electron chi connectivity index (χ3n) is 6.54. The van der Waals surface area contributed by atoms with Crippen LogP contribution in [0.5, 0.6) is 0 Å². The molecule has 1 N–H and O–H groups in total. The third-order valence-corrected chi connectivity index (χ3v) is 6.54. The highest BCUT2D eigenvalue weighted by molar-refractivity contribution is 6.22. The van der Waals surface area contributed by atoms with Crippen molar-refractivity contribution in [1.82, 2.24) is 20.2 Å². The summed E-state index contributed by atoms with van der Waals surface area (Å²) in [6.45, 7) is 3.05. The normalized spacial score (nSPS) is 19.1. The third kappa shape index (κ3) is 4.39. The van der Waals surface area contributed by atoms with E-state index in [0.29, 0.717) is 32.7 Å². The van der Waals surface area contributed by atoms with E-state index in [9.17, 15) is 32.3 Å². The van der Waals surface area contributed by atoms with Crippen molar-refractivity contribution in [3.05, 3.63) is 64.7 Å². The van der Waals surface area contributed by atoms with Crippen molar-refractivity contribution >= 4 is 29.4 Å². The summed E-state index contributed by atoms with van der Waals surface area (Å²) in [4.78, 5) is 53.5. The van der Waals surface area contributed by atoms with Gasteiger partial charge in [-0.2, -0.15) is 18.2 Å². The molecule has 36 heavy (non-hydrogen) atoms. The number of nitrogens with one attached hydrogen (secondary N) is 1. The molecule has 3 heterocycles. The molecule has 2 fully saturated rings. The van der Waals surface area contributed by atoms with E-state index in [0.717, 1.165) is 33.4 Å². The number of amides is 5. The second kappa shape index (κ2) is 8.94. The second-order valence-electron chi connectivity index (χ2n) is 8.84. The van der Waals surface area contributed by atoms with Crippen LogP contribution in [-0.2, 0) is 17.5 Å². The van der Waals surface area contributed by atoms with Gasteiger partial charge >= 0.3 is 12.2 Å². The van der Waals surface area contributed by atoms with Gasteiger partial charge in [0.05, 0.1) is 23.2 Å². The van der Waals surface area contributed by atoms with Crippen LogP contribution in [0.15, 0.2) is 42.5 Å². The number of rotatable bonds is 4. The van der Waals surface area contributed by atoms with Crippen LogP contribution >= 0.6 is 0 Å². The van der Waals surface area contributed by atoms with E-state index >= 15 is 0 Å². The lowest BCUT2D eigenvalue weighted by Gasteiger charge is -2.36. The maximum Gasteiger partial charge on any atom is 0.416 e. The van der Waals surface area contributed by atoms with Crippen molar-refractivity contribution in [3.63, 3.8) is 0 Å². The minimum absolute atomic E-state index is 0.0111. The van der Waals surface area contributed by atoms with Crippen LogP contribution in [0.3, 0.4) is 0 Å². The van der Waals surface area contributed by atoms with Crippen molar-refractivity contribution in [2.45, 2.75) is 19.1 Å². The Bertz CT molecular complexity index is 1240. The Labute approximate surface area is 204 Å². The fourth-order valence-electron chi connectivity index (χ4n) is 4.62. The lowest BCUT2D eigenvalue weighted by Crippen LogP contribution is -2.58. The number of imide groups is 2. The second-order valence-corrected chi connectivity index (χ2v) is 8.84. The zero-order chi connectivity index (χ0) is 25.6. The lowest BCUT2D eigenvalue weighted by atomic mass is 10.1. The van der Waals surface area contributed by atoms with Gasteiger partial charge in [-0.3, -0.25) is 24.6 Å². The number of anilines is 1. The summed E-state index contributed by atoms with van der Waals surface area (Å²) in [5, 5.41) is 3.83. The Morgan fingerprint density at radius 1 is 0.806 bits per heavy atom. The maximum absolute atomic E-state index is 13.0. The van der Waals surface area contributed by atoms with Crippen LogP contribution in [0.1, 0.15) is 38.3 Å². The number of halogens is 3. The molecule has 5 rings (SSSR count). The SMILES string of the molecule is O=C1CCN(N2C(=O)c3ccc(CN4CCN(c5ccc(C(F)(F)F)cc5)CC4)cc3C2=O)C(=O)N1. The molecule has 0 spiro atoms. The first-order chi connectivity index (χ1) is 17.1. The zero-order valence-electron chi connectivity index (χ0n) is 19.0. The largest absolute Gasteiger partial charge is 0.416 e. The number of carbonyl (C=O) groups is 4. The summed E-state index contributed by atoms with van der Waals surface area (Å²) in [6, 6.07) is 9.28. The van der Waals surface area contributed by atoms with E-state index in [1.54, 1.807) is 18.2 Å². The molecule has 0 radical (unpaired) electrons. The number of benzene rings is 2. The molecule has 0 aliphatic carbocycles. The molecular weight excluding hydrogens is 479 g/mol. The lowest BCUT2D eigenvalue weighted by molar-refractivity contribution is -0.137. The first-order valence-corrected chi connectivity index (χ1v) is 11.4. The summed E-state index contributed by atoms with van der Waals surface area (Å²) in [7, 11) is 0. The van der Waals surface area contributed by atoms with Crippen LogP contribution in [0.4, 0.5) is 23.7 Å². The molecule has 3 aliphatic heterocycles. The molecular formula is C24H22F3N5O4. The van der Waals surface area contributed by atoms with E-state index in [1.165, 1.54) is 12.1 Å². The van der Waals surface area contributed by atoms with Crippen LogP contribution in [-0.4, -0.2) is 71.4 Å². The number of alkyl halides is 3. The predicted molar refractivity (Wildman–Crippen MR) is 121 cm³/mol. The number of urea groups is 1. The van der Waals surface area contributed by atoms with Gasteiger partial charge in [-0.1, -0.05) is 6.07 Å². The van der Waals surface area contributed by atoms with E-state index in [1.807, 2.05) is 4.90 Å². The molecule has 2 aromatic rings. The predicted octanol–water partition coefficient (Wildman–Crippen LogP) is 2.48. The molecule has 0 aromatic heterocycles. The molecule has 3 aliphatic rings. The Hall–Kier alpha value is -3.93. The number of piperazine rings is 1. The van der Waals surface area contributed by atoms with Gasteiger partial charge in [0.15, 0.2) is 0 Å². The first kappa shape index (κ1) is 23.8. The van der Waals surface area contributed by atoms with Gasteiger partial charge in [-0.15, -0.1) is 0 Å². The number of hydrogen-bond donors (Lipinski definition) is 1. The molecule has 12 heteroatoms. The summed E-state index contributed by atoms with van der Waals surface area (Å²) in [5.41, 5.74) is 1.26. The van der Waals surface area contributed by atoms with E-state index in [4.69, 9.17) is 0 Å². The number of fused-ring (bicyclic) bond motifs is 1. The van der Waals surface area contributed by atoms with Crippen LogP contribution in [0.25, 0.3) is 0 Å². The summed E-state index contributed by atoms with van der Waals surface area (Å²) in [5.74, 6) is -1.70. The fraction of sp³-hybridized carbons (Fsp3) is 0.333. The number of nitrogens with zero attached hydrogens (tertiary/aromatic N) is 4. The van der Waals surface area contributed by atoms with E-state index in [-0.39, 0.29) is 24.1 Å². The van der Waals surface area contributed by atoms with Gasteiger partial charge in [0.1, 0.15) is 0 Å². The highest BCUT2D eigenvalue weighted by Gasteiger charge is 2.43. The van der Waals surface area contributed by atoms with E-state index in [2.05, 4.69) is 10.2 Å². The first-order valence-electron chi connectivity index (χ1n) is 11.4. The molecule has 188 valence electrons. The Morgan fingerprint density at radius 3 is 2.11 bits per heavy atom. The Morgan fingerprint density at radius 2 is 1.47 bits per heavy atom. The molecule has 2 aromatic carbocycles. The van der Waals surface area contributed by atoms with Gasteiger partial charge in [0.2, 0.25) is 5.91 Å². The number of hydrazine groups is 1. The minimum Gasteiger partial charge on any atom is -0.369 e. The fourth-order valence-corrected chi connectivity index (χ4v) is 4.62. The smallest absolute Gasteiger partial charge is 0.369 e. The maximum atomic E-state index is 13.0. The van der Waals surface area contributed by atoms with Gasteiger partial charge in [-0.05, 0) is 42.0 Å². The molecule has 2 saturated heterocycles. The average molecular weight is 501 g/mol. The van der Waals surface area contributed by atoms with Crippen molar-refractivity contribution in [2.75, 3.05) is 37.6 Å². The Kier molecular flexibility index (Phi) is 5.91. The van der Waals surface area contributed by atoms with Crippen LogP contribution in [0, 0.1) is 0 Å². The van der Waals surface area contributed by atoms with Gasteiger partial charge < -0.3 is 4.90 Å². The highest BCUT2D eigenvalue weighted by Crippen LogP contribution is 2.31. The average Bonchev–Trinajstić information content (AvgIpc) is 3.09. The van der Waals surface area contributed by atoms with Gasteiger partial charge in [-0.25, -0.2) is 9.80 Å². The van der Waals surface area contributed by atoms with Gasteiger partial charge in [0, 0.05) is 44.8 Å². The zero-order valence-corrected chi connectivity index (χ0v) is 19.0. The van der Waals surface area contributed by atoms with Crippen molar-refractivity contribution in [3.8, 4) is 0 Å². The summed E-state index contributed by atoms with van der Waals surface area (Å²) >= 11 is 0. The monoisotopic (exact) mass is 501 g/mol. The molecule has 0 saturated carbocycles. The Balaban J connectivity index is 1.22. The van der Waals surface area contributed by atoms with Crippen molar-refractivity contribution in [2.24, 2.45) is 0 Å². The minimum atomic E-state index is -4.37. The van der Waals surface area contributed by atoms with Gasteiger partial charge in [0.25, 0.3) is 11.8 Å². The topological polar surface area (TPSA) is 93.3 Å². The molecule has 0 unspecified atom stereocenters. The van der Waals surface area contributed by atoms with Crippen LogP contribution in [0.2, 0.25) is 0 Å². The number of carbonyl (C=O) groups excluding carboxylic acids is 4. The van der Waals surface area contributed by atoms with Crippen molar-refractivity contribution in [1.29, 1.82) is 0 Å². The molecule has 9 nitrogen and oxygen atoms in total. The molecule has 0 bridgehead atoms. The molecule has 5 amide bonds. The van der Waals surface area contributed by atoms with Crippen LogP contribution < -0.4 is 10.2 Å². The van der Waals surface area contributed by atoms with E-state index < -0.39 is 35.5 Å². The summed E-state index contributed by atoms with van der Waals surface area (Å²) < 4.78 is 38.4. The summed E-state index contributed by atoms with van der Waals surface area (Å²) in [6.07, 6.45) is -4.38. The molecule has 0 atom stereocenters. The van der Waals surface area contributed by atoms with Crippen molar-refractivity contribution < 1.29 is 32.3 Å². The highest BCUT2D eigenvalue weighted by atomic mass is 19.4. The quantitative estimate of drug-likeness (QED) is 0.648.